The number of aliphatic carboxylic acids is 2. The molecule has 0 aromatic heterocycles. The summed E-state index contributed by atoms with van der Waals surface area (Å²) >= 11 is 0. The number of methoxy groups -OCH3 is 2. The number of aliphatic hydroxyl groups is 3. The van der Waals surface area contributed by atoms with Crippen LogP contribution in [0.1, 0.15) is 334 Å². The summed E-state index contributed by atoms with van der Waals surface area (Å²) in [5.41, 5.74) is -4.02. The lowest BCUT2D eigenvalue weighted by Gasteiger charge is -2.39. The lowest BCUT2D eigenvalue weighted by molar-refractivity contribution is -0.325. The lowest BCUT2D eigenvalue weighted by atomic mass is 9.77. The molecule has 16 heteroatoms. The molecular weight excluding hydrogens is 1080 g/mol. The van der Waals surface area contributed by atoms with Gasteiger partial charge in [-0.1, -0.05) is 245 Å². The third kappa shape index (κ3) is 46.6. The van der Waals surface area contributed by atoms with Gasteiger partial charge in [-0.15, -0.1) is 0 Å². The first kappa shape index (κ1) is 199. The van der Waals surface area contributed by atoms with E-state index in [4.69, 9.17) is 33.9 Å². The van der Waals surface area contributed by atoms with Crippen LogP contribution in [0.2, 0.25) is 0 Å². The number of fused-ring (bicyclic) bond motifs is 3. The van der Waals surface area contributed by atoms with Crippen LogP contribution in [-0.2, 0) is 44.6 Å². The molecule has 1 aromatic rings. The molecule has 1 aliphatic carbocycles. The summed E-state index contributed by atoms with van der Waals surface area (Å²) in [5, 5.41) is 49.4. The molecule has 3 aliphatic heterocycles. The molecule has 16 nitrogen and oxygen atoms in total. The Morgan fingerprint density at radius 2 is 1.02 bits per heavy atom. The molecule has 5 atom stereocenters. The zero-order chi connectivity index (χ0) is 38.6. The standard InChI is InChI=1S/C29H39NO9.C7H10O6.33CH4/c1-27(2,33)8-5-10-29(34,16-23(31)36-4)26(32)39-25-22(35-3)15-28-9-6-11-30(28)12-7-18-13-20-21(38-17-37-20)14-19(18)24(25)28;1-4(8)2-7(13,6(11)12)3-5(9)10;;;;;;;;;;;;;;;;;;;;;;;;;;;;;;;;;/h13-15,24-25,33-34H,5-12,16-17H2,1-4H3;13H,2-3H2,1H3,(H,9,10)(H,11,12);33*1H4/p-1/t24-,25-,28+,29+;;;;;;;;;;;;;;;;;;;;;;;;;;;;;;;;;;/m1................................../s1. The van der Waals surface area contributed by atoms with E-state index in [1.54, 1.807) is 21.0 Å². The second kappa shape index (κ2) is 79.8. The van der Waals surface area contributed by atoms with Gasteiger partial charge >= 0.3 is 17.9 Å². The molecule has 85 heavy (non-hydrogen) atoms. The maximum Gasteiger partial charge on any atom is 0.339 e. The van der Waals surface area contributed by atoms with Gasteiger partial charge in [-0.05, 0) is 95.2 Å². The molecule has 4 aliphatic rings. The number of carbonyl (C=O) groups excluding carboxylic acids is 4. The van der Waals surface area contributed by atoms with Crippen LogP contribution in [0.4, 0.5) is 0 Å². The van der Waals surface area contributed by atoms with E-state index in [0.29, 0.717) is 30.1 Å². The molecular formula is C69H180NO15-. The van der Waals surface area contributed by atoms with Crippen LogP contribution in [-0.4, -0.2) is 118 Å². The number of ketones is 1. The molecule has 3 heterocycles. The molecule has 1 unspecified atom stereocenters. The highest BCUT2D eigenvalue weighted by Gasteiger charge is 2.59. The second-order valence-corrected chi connectivity index (χ2v) is 14.5. The van der Waals surface area contributed by atoms with Gasteiger partial charge in [0.15, 0.2) is 23.2 Å². The highest BCUT2D eigenvalue weighted by molar-refractivity contribution is 5.89. The minimum atomic E-state index is -2.60. The average Bonchev–Trinajstić information content (AvgIpc) is 3.73. The van der Waals surface area contributed by atoms with Crippen LogP contribution in [0.25, 0.3) is 0 Å². The highest BCUT2D eigenvalue weighted by atomic mass is 16.7. The fraction of sp³-hybridized carbons (Fsp3) is 0.812. The Bertz CT molecular complexity index is 1580. The maximum absolute atomic E-state index is 13.8. The van der Waals surface area contributed by atoms with E-state index in [-0.39, 0.29) is 264 Å². The van der Waals surface area contributed by atoms with E-state index >= 15 is 0 Å². The Morgan fingerprint density at radius 3 is 1.38 bits per heavy atom. The van der Waals surface area contributed by atoms with Crippen molar-refractivity contribution in [1.29, 1.82) is 0 Å². The summed E-state index contributed by atoms with van der Waals surface area (Å²) in [6, 6.07) is 4.00. The largest absolute Gasteiger partial charge is 0.547 e. The van der Waals surface area contributed by atoms with Crippen molar-refractivity contribution in [3.8, 4) is 11.5 Å². The topological polar surface area (TPSA) is 239 Å². The van der Waals surface area contributed by atoms with Crippen molar-refractivity contribution in [3.05, 3.63) is 35.1 Å². The van der Waals surface area contributed by atoms with Gasteiger partial charge in [0.1, 0.15) is 17.1 Å². The Hall–Kier alpha value is -4.25. The third-order valence-electron chi connectivity index (χ3n) is 9.99. The molecule has 5 rings (SSSR count). The minimum absolute atomic E-state index is 0. The van der Waals surface area contributed by atoms with Crippen molar-refractivity contribution in [3.63, 3.8) is 0 Å². The van der Waals surface area contributed by atoms with Crippen molar-refractivity contribution in [2.75, 3.05) is 34.1 Å². The third-order valence-corrected chi connectivity index (χ3v) is 9.99. The van der Waals surface area contributed by atoms with E-state index in [9.17, 15) is 39.3 Å². The van der Waals surface area contributed by atoms with Crippen molar-refractivity contribution < 1.29 is 73.2 Å². The molecule has 552 valence electrons. The Morgan fingerprint density at radius 1 is 0.612 bits per heavy atom. The van der Waals surface area contributed by atoms with Gasteiger partial charge in [-0.2, -0.15) is 0 Å². The number of hydrogen-bond donors (Lipinski definition) is 4. The zero-order valence-corrected chi connectivity index (χ0v) is 30.1. The number of ether oxygens (including phenoxy) is 5. The second-order valence-electron chi connectivity index (χ2n) is 14.5. The summed E-state index contributed by atoms with van der Waals surface area (Å²) in [7, 11) is 2.76. The van der Waals surface area contributed by atoms with Crippen molar-refractivity contribution >= 4 is 29.7 Å². The number of nitrogens with zero attached hydrogens (tertiary/aromatic N) is 1. The average molecular weight is 1260 g/mol. The van der Waals surface area contributed by atoms with E-state index in [0.717, 1.165) is 50.4 Å². The number of carboxylic acids is 2. The smallest absolute Gasteiger partial charge is 0.339 e. The van der Waals surface area contributed by atoms with Crippen LogP contribution in [0.15, 0.2) is 24.0 Å². The molecule has 0 saturated carbocycles. The van der Waals surface area contributed by atoms with Crippen molar-refractivity contribution in [1.82, 2.24) is 4.90 Å². The predicted octanol–water partition coefficient (Wildman–Crippen LogP) is 21.5. The Labute approximate surface area is 544 Å². The molecule has 1 aromatic carbocycles. The van der Waals surface area contributed by atoms with E-state index in [1.807, 2.05) is 12.1 Å². The van der Waals surface area contributed by atoms with E-state index in [2.05, 4.69) is 11.0 Å². The highest BCUT2D eigenvalue weighted by Crippen LogP contribution is 2.55. The van der Waals surface area contributed by atoms with Gasteiger partial charge in [0, 0.05) is 13.0 Å². The fourth-order valence-corrected chi connectivity index (χ4v) is 7.58. The van der Waals surface area contributed by atoms with Gasteiger partial charge in [-0.3, -0.25) is 19.3 Å². The summed E-state index contributed by atoms with van der Waals surface area (Å²) in [5.74, 6) is -4.14. The number of rotatable bonds is 14. The van der Waals surface area contributed by atoms with Crippen LogP contribution >= 0.6 is 0 Å². The number of Topliss-reactive ketones (excluding diaryl/α,β-unsaturated/α-hetero) is 1. The van der Waals surface area contributed by atoms with Crippen molar-refractivity contribution in [2.45, 2.75) is 358 Å². The molecule has 0 radical (unpaired) electrons. The summed E-state index contributed by atoms with van der Waals surface area (Å²) in [6.45, 7) is 6.26. The number of carbonyl (C=O) groups is 5. The lowest BCUT2D eigenvalue weighted by Crippen LogP contribution is -2.50. The summed E-state index contributed by atoms with van der Waals surface area (Å²) in [6.07, 6.45) is 2.13. The van der Waals surface area contributed by atoms with Crippen LogP contribution in [0.3, 0.4) is 0 Å². The van der Waals surface area contributed by atoms with Crippen LogP contribution in [0.5, 0.6) is 11.5 Å². The van der Waals surface area contributed by atoms with Gasteiger partial charge < -0.3 is 54.0 Å². The minimum Gasteiger partial charge on any atom is -0.547 e. The molecule has 1 spiro atoms. The molecule has 0 bridgehead atoms. The Balaban J connectivity index is -0.0000000216. The Kier molecular flexibility index (Phi) is 187. The fourth-order valence-electron chi connectivity index (χ4n) is 7.58. The summed E-state index contributed by atoms with van der Waals surface area (Å²) in [4.78, 5) is 59.4. The van der Waals surface area contributed by atoms with Gasteiger partial charge in [0.25, 0.3) is 0 Å². The van der Waals surface area contributed by atoms with E-state index in [1.165, 1.54) is 7.11 Å². The first-order valence-corrected chi connectivity index (χ1v) is 17.1. The number of esters is 2. The predicted molar refractivity (Wildman–Crippen MR) is 399 cm³/mol. The quantitative estimate of drug-likeness (QED) is 0.127. The molecule has 1 saturated heterocycles. The number of benzene rings is 1. The van der Waals surface area contributed by atoms with Crippen LogP contribution < -0.4 is 14.6 Å². The van der Waals surface area contributed by atoms with E-state index < -0.39 is 77.4 Å². The zero-order valence-electron chi connectivity index (χ0n) is 30.1. The monoisotopic (exact) mass is 1260 g/mol. The summed E-state index contributed by atoms with van der Waals surface area (Å²) < 4.78 is 28.1. The van der Waals surface area contributed by atoms with Gasteiger partial charge in [-0.25, -0.2) is 4.79 Å². The first-order chi connectivity index (χ1) is 24.3. The maximum atomic E-state index is 13.8. The number of hydrogen-bond acceptors (Lipinski definition) is 15. The first-order valence-electron chi connectivity index (χ1n) is 17.1. The number of carboxylic acid groups (broad SMARTS) is 2. The van der Waals surface area contributed by atoms with Gasteiger partial charge in [0.05, 0.1) is 50.1 Å². The van der Waals surface area contributed by atoms with Crippen molar-refractivity contribution in [2.24, 2.45) is 0 Å². The van der Waals surface area contributed by atoms with Gasteiger partial charge in [0.2, 0.25) is 6.79 Å². The SMILES string of the molecule is C.C.C.C.C.C.C.C.C.C.C.C.C.C.C.C.C.C.C.C.C.C.C.C.C.C.C.C.C.C.C.C.C.CC(=O)CC(O)(CC(=O)O)C(=O)[O-].COC(=O)C[C@@](O)(CCCC(C)(C)O)C(=O)O[C@@H]1C(OC)=C[C@]23CCCN2CCc2cc4c(cc2[C@H]13)OCO4. The normalized spacial score (nSPS) is 14.6. The van der Waals surface area contributed by atoms with Crippen LogP contribution in [0, 0.1) is 0 Å². The molecule has 1 fully saturated rings. The molecule has 4 N–H and O–H groups in total. The molecule has 0 amide bonds.